The second kappa shape index (κ2) is 7.23. The van der Waals surface area contributed by atoms with Gasteiger partial charge in [-0.1, -0.05) is 25.1 Å². The maximum Gasteiger partial charge on any atom is 0.265 e. The Labute approximate surface area is 162 Å². The van der Waals surface area contributed by atoms with E-state index in [1.807, 2.05) is 31.2 Å². The average Bonchev–Trinajstić information content (AvgIpc) is 3.05. The fourth-order valence-corrected chi connectivity index (χ4v) is 3.19. The van der Waals surface area contributed by atoms with Gasteiger partial charge in [-0.15, -0.1) is 0 Å². The van der Waals surface area contributed by atoms with Crippen molar-refractivity contribution in [3.8, 4) is 5.75 Å². The van der Waals surface area contributed by atoms with Gasteiger partial charge in [-0.2, -0.15) is 0 Å². The Balaban J connectivity index is 1.53. The van der Waals surface area contributed by atoms with Gasteiger partial charge in [0, 0.05) is 29.1 Å². The largest absolute Gasteiger partial charge is 0.479 e. The number of anilines is 2. The first-order valence-corrected chi connectivity index (χ1v) is 9.16. The lowest BCUT2D eigenvalue weighted by Crippen LogP contribution is -2.34. The summed E-state index contributed by atoms with van der Waals surface area (Å²) in [5, 5.41) is 6.55. The Morgan fingerprint density at radius 3 is 2.89 bits per heavy atom. The molecule has 0 saturated heterocycles. The Morgan fingerprint density at radius 2 is 2.07 bits per heavy atom. The van der Waals surface area contributed by atoms with Crippen LogP contribution in [0.1, 0.15) is 25.2 Å². The number of fused-ring (bicyclic) bond motifs is 2. The van der Waals surface area contributed by atoms with Crippen LogP contribution in [-0.2, 0) is 16.0 Å². The minimum absolute atomic E-state index is 0.213. The van der Waals surface area contributed by atoms with E-state index in [1.54, 1.807) is 31.2 Å². The molecular formula is C22H20N2O4. The molecule has 1 aliphatic heterocycles. The predicted molar refractivity (Wildman–Crippen MR) is 108 cm³/mol. The maximum absolute atomic E-state index is 12.4. The summed E-state index contributed by atoms with van der Waals surface area (Å²) < 4.78 is 11.4. The molecule has 28 heavy (non-hydrogen) atoms. The third-order valence-electron chi connectivity index (χ3n) is 4.61. The number of nitrogens with one attached hydrogen (secondary N) is 2. The maximum atomic E-state index is 12.4. The molecule has 0 spiro atoms. The molecule has 2 N–H and O–H groups in total. The second-order valence-corrected chi connectivity index (χ2v) is 6.57. The summed E-state index contributed by atoms with van der Waals surface area (Å²) in [4.78, 5) is 24.1. The third kappa shape index (κ3) is 3.36. The second-order valence-electron chi connectivity index (χ2n) is 6.57. The van der Waals surface area contributed by atoms with Crippen LogP contribution in [0.25, 0.3) is 17.0 Å². The van der Waals surface area contributed by atoms with Gasteiger partial charge in [-0.3, -0.25) is 9.59 Å². The summed E-state index contributed by atoms with van der Waals surface area (Å²) in [7, 11) is 0. The number of para-hydroxylation sites is 1. The number of hydrogen-bond acceptors (Lipinski definition) is 4. The summed E-state index contributed by atoms with van der Waals surface area (Å²) >= 11 is 0. The highest BCUT2D eigenvalue weighted by atomic mass is 16.5. The Kier molecular flexibility index (Phi) is 4.61. The van der Waals surface area contributed by atoms with Crippen molar-refractivity contribution in [2.24, 2.45) is 0 Å². The van der Waals surface area contributed by atoms with Gasteiger partial charge < -0.3 is 19.8 Å². The summed E-state index contributed by atoms with van der Waals surface area (Å²) in [6.07, 6.45) is 3.45. The SMILES string of the molecule is CCc1oc2ccccc2c1/C=C/C(=O)Nc1ccc2c(c1)NC(=O)C(C)O2. The molecule has 0 radical (unpaired) electrons. The van der Waals surface area contributed by atoms with E-state index >= 15 is 0 Å². The number of carbonyl (C=O) groups is 2. The molecule has 0 bridgehead atoms. The van der Waals surface area contributed by atoms with Crippen LogP contribution in [0.4, 0.5) is 11.4 Å². The molecule has 6 heteroatoms. The van der Waals surface area contributed by atoms with Crippen molar-refractivity contribution in [2.75, 3.05) is 10.6 Å². The zero-order valence-electron chi connectivity index (χ0n) is 15.6. The third-order valence-corrected chi connectivity index (χ3v) is 4.61. The topological polar surface area (TPSA) is 80.6 Å². The van der Waals surface area contributed by atoms with E-state index in [2.05, 4.69) is 10.6 Å². The highest BCUT2D eigenvalue weighted by Gasteiger charge is 2.23. The first-order valence-electron chi connectivity index (χ1n) is 9.16. The van der Waals surface area contributed by atoms with E-state index in [0.717, 1.165) is 28.7 Å². The minimum atomic E-state index is -0.534. The molecule has 1 aromatic heterocycles. The molecule has 0 aliphatic carbocycles. The van der Waals surface area contributed by atoms with E-state index in [9.17, 15) is 9.59 Å². The number of carbonyl (C=O) groups excluding carboxylic acids is 2. The molecule has 1 atom stereocenters. The van der Waals surface area contributed by atoms with Crippen LogP contribution in [0, 0.1) is 0 Å². The van der Waals surface area contributed by atoms with Crippen LogP contribution in [-0.4, -0.2) is 17.9 Å². The Hall–Kier alpha value is -3.54. The van der Waals surface area contributed by atoms with E-state index < -0.39 is 6.10 Å². The summed E-state index contributed by atoms with van der Waals surface area (Å²) in [5.41, 5.74) is 2.83. The van der Waals surface area contributed by atoms with E-state index in [1.165, 1.54) is 6.08 Å². The molecule has 1 unspecified atom stereocenters. The molecule has 142 valence electrons. The summed E-state index contributed by atoms with van der Waals surface area (Å²) in [6.45, 7) is 3.70. The molecule has 6 nitrogen and oxygen atoms in total. The average molecular weight is 376 g/mol. The van der Waals surface area contributed by atoms with Crippen molar-refractivity contribution < 1.29 is 18.7 Å². The van der Waals surface area contributed by atoms with Gasteiger partial charge in [0.2, 0.25) is 5.91 Å². The number of aryl methyl sites for hydroxylation is 1. The van der Waals surface area contributed by atoms with Crippen LogP contribution < -0.4 is 15.4 Å². The molecule has 2 aromatic carbocycles. The van der Waals surface area contributed by atoms with Gasteiger partial charge in [0.25, 0.3) is 5.91 Å². The molecule has 0 fully saturated rings. The first kappa shape index (κ1) is 17.9. The summed E-state index contributed by atoms with van der Waals surface area (Å²) in [5.74, 6) is 0.935. The number of furan rings is 1. The number of ether oxygens (including phenoxy) is 1. The molecule has 1 aliphatic rings. The highest BCUT2D eigenvalue weighted by Crippen LogP contribution is 2.32. The fourth-order valence-electron chi connectivity index (χ4n) is 3.19. The van der Waals surface area contributed by atoms with Crippen LogP contribution >= 0.6 is 0 Å². The van der Waals surface area contributed by atoms with E-state index in [0.29, 0.717) is 17.1 Å². The Morgan fingerprint density at radius 1 is 1.25 bits per heavy atom. The van der Waals surface area contributed by atoms with Crippen molar-refractivity contribution in [1.29, 1.82) is 0 Å². The standard InChI is InChI=1S/C22H20N2O4/c1-3-18-16(15-6-4-5-7-19(15)28-18)9-11-21(25)23-14-8-10-20-17(12-14)24-22(26)13(2)27-20/h4-13H,3H2,1-2H3,(H,23,25)(H,24,26)/b11-9+. The zero-order valence-corrected chi connectivity index (χ0v) is 15.6. The van der Waals surface area contributed by atoms with Crippen molar-refractivity contribution in [3.05, 3.63) is 59.9 Å². The Bertz CT molecular complexity index is 1100. The molecule has 2 heterocycles. The van der Waals surface area contributed by atoms with Gasteiger partial charge in [0.1, 0.15) is 17.1 Å². The number of rotatable bonds is 4. The van der Waals surface area contributed by atoms with Crippen LogP contribution in [0.5, 0.6) is 5.75 Å². The summed E-state index contributed by atoms with van der Waals surface area (Å²) in [6, 6.07) is 12.9. The molecular weight excluding hydrogens is 356 g/mol. The molecule has 0 saturated carbocycles. The molecule has 4 rings (SSSR count). The number of benzene rings is 2. The van der Waals surface area contributed by atoms with E-state index in [-0.39, 0.29) is 11.8 Å². The van der Waals surface area contributed by atoms with Gasteiger partial charge in [0.15, 0.2) is 6.10 Å². The van der Waals surface area contributed by atoms with Crippen molar-refractivity contribution in [3.63, 3.8) is 0 Å². The molecule has 2 amide bonds. The lowest BCUT2D eigenvalue weighted by molar-refractivity contribution is -0.122. The predicted octanol–water partition coefficient (Wildman–Crippen LogP) is 4.37. The number of hydrogen-bond donors (Lipinski definition) is 2. The normalized spacial score (nSPS) is 15.9. The fraction of sp³-hybridized carbons (Fsp3) is 0.182. The van der Waals surface area contributed by atoms with Gasteiger partial charge in [0.05, 0.1) is 5.69 Å². The van der Waals surface area contributed by atoms with Crippen LogP contribution in [0.3, 0.4) is 0 Å². The monoisotopic (exact) mass is 376 g/mol. The van der Waals surface area contributed by atoms with Crippen molar-refractivity contribution >= 4 is 40.2 Å². The minimum Gasteiger partial charge on any atom is -0.479 e. The van der Waals surface area contributed by atoms with Gasteiger partial charge in [-0.05, 0) is 37.3 Å². The van der Waals surface area contributed by atoms with Crippen LogP contribution in [0.15, 0.2) is 53.0 Å². The quantitative estimate of drug-likeness (QED) is 0.663. The van der Waals surface area contributed by atoms with Gasteiger partial charge >= 0.3 is 0 Å². The van der Waals surface area contributed by atoms with Crippen molar-refractivity contribution in [2.45, 2.75) is 26.4 Å². The molecule has 3 aromatic rings. The smallest absolute Gasteiger partial charge is 0.265 e. The lowest BCUT2D eigenvalue weighted by Gasteiger charge is -2.23. The van der Waals surface area contributed by atoms with E-state index in [4.69, 9.17) is 9.15 Å². The van der Waals surface area contributed by atoms with Gasteiger partial charge in [-0.25, -0.2) is 0 Å². The lowest BCUT2D eigenvalue weighted by atomic mass is 10.1. The zero-order chi connectivity index (χ0) is 19.7. The highest BCUT2D eigenvalue weighted by molar-refractivity contribution is 6.04. The first-order chi connectivity index (χ1) is 13.5. The van der Waals surface area contributed by atoms with Crippen LogP contribution in [0.2, 0.25) is 0 Å². The number of amides is 2. The van der Waals surface area contributed by atoms with Crippen molar-refractivity contribution in [1.82, 2.24) is 0 Å².